The van der Waals surface area contributed by atoms with E-state index < -0.39 is 0 Å². The summed E-state index contributed by atoms with van der Waals surface area (Å²) in [7, 11) is 0. The molecule has 19 heavy (non-hydrogen) atoms. The molecule has 0 unspecified atom stereocenters. The van der Waals surface area contributed by atoms with Crippen LogP contribution < -0.4 is 10.1 Å². The van der Waals surface area contributed by atoms with E-state index in [-0.39, 0.29) is 0 Å². The van der Waals surface area contributed by atoms with Crippen LogP contribution in [0.5, 0.6) is 5.75 Å². The molecule has 0 aliphatic carbocycles. The molecule has 2 rings (SSSR count). The van der Waals surface area contributed by atoms with Crippen LogP contribution in [-0.4, -0.2) is 6.54 Å². The van der Waals surface area contributed by atoms with Gasteiger partial charge in [-0.15, -0.1) is 11.3 Å². The Morgan fingerprint density at radius 1 is 1.21 bits per heavy atom. The van der Waals surface area contributed by atoms with Crippen molar-refractivity contribution in [3.05, 3.63) is 50.7 Å². The lowest BCUT2D eigenvalue weighted by molar-refractivity contribution is 0.310. The molecule has 1 heterocycles. The molecule has 0 radical (unpaired) electrons. The molecule has 0 saturated carbocycles. The molecule has 1 aromatic heterocycles. The molecular weight excluding hydrogens is 278 g/mol. The van der Waals surface area contributed by atoms with Gasteiger partial charge in [0.25, 0.3) is 0 Å². The molecule has 0 saturated heterocycles. The van der Waals surface area contributed by atoms with Gasteiger partial charge >= 0.3 is 0 Å². The topological polar surface area (TPSA) is 21.3 Å². The van der Waals surface area contributed by atoms with E-state index in [4.69, 9.17) is 16.3 Å². The van der Waals surface area contributed by atoms with Crippen molar-refractivity contribution in [1.82, 2.24) is 5.32 Å². The van der Waals surface area contributed by atoms with Crippen LogP contribution in [0.3, 0.4) is 0 Å². The SMILES string of the molecule is CCNCc1ccc(COc2ccc(C)cc2Cl)s1. The van der Waals surface area contributed by atoms with Crippen molar-refractivity contribution in [3.8, 4) is 5.75 Å². The van der Waals surface area contributed by atoms with Gasteiger partial charge in [0.1, 0.15) is 12.4 Å². The zero-order valence-corrected chi connectivity index (χ0v) is 12.8. The monoisotopic (exact) mass is 295 g/mol. The largest absolute Gasteiger partial charge is 0.487 e. The number of hydrogen-bond acceptors (Lipinski definition) is 3. The van der Waals surface area contributed by atoms with Gasteiger partial charge in [-0.1, -0.05) is 24.6 Å². The van der Waals surface area contributed by atoms with Crippen molar-refractivity contribution in [2.75, 3.05) is 6.54 Å². The number of rotatable bonds is 6. The van der Waals surface area contributed by atoms with E-state index in [1.54, 1.807) is 11.3 Å². The molecule has 102 valence electrons. The lowest BCUT2D eigenvalue weighted by Crippen LogP contribution is -2.10. The fraction of sp³-hybridized carbons (Fsp3) is 0.333. The molecule has 0 spiro atoms. The van der Waals surface area contributed by atoms with Crippen molar-refractivity contribution in [2.24, 2.45) is 0 Å². The summed E-state index contributed by atoms with van der Waals surface area (Å²) in [4.78, 5) is 2.54. The number of halogens is 1. The molecule has 2 nitrogen and oxygen atoms in total. The summed E-state index contributed by atoms with van der Waals surface area (Å²) in [6.07, 6.45) is 0. The van der Waals surface area contributed by atoms with Crippen molar-refractivity contribution >= 4 is 22.9 Å². The Balaban J connectivity index is 1.92. The quantitative estimate of drug-likeness (QED) is 0.853. The van der Waals surface area contributed by atoms with Crippen LogP contribution in [0.25, 0.3) is 0 Å². The predicted octanol–water partition coefficient (Wildman–Crippen LogP) is 4.40. The number of nitrogens with one attached hydrogen (secondary N) is 1. The second-order valence-electron chi connectivity index (χ2n) is 4.37. The fourth-order valence-electron chi connectivity index (χ4n) is 1.71. The highest BCUT2D eigenvalue weighted by Gasteiger charge is 2.04. The van der Waals surface area contributed by atoms with Crippen LogP contribution in [0, 0.1) is 6.92 Å². The summed E-state index contributed by atoms with van der Waals surface area (Å²) in [5.41, 5.74) is 1.14. The van der Waals surface area contributed by atoms with E-state index in [1.807, 2.05) is 25.1 Å². The Bertz CT molecular complexity index is 539. The van der Waals surface area contributed by atoms with Crippen molar-refractivity contribution in [2.45, 2.75) is 27.0 Å². The average molecular weight is 296 g/mol. The summed E-state index contributed by atoms with van der Waals surface area (Å²) >= 11 is 7.91. The molecular formula is C15H18ClNOS. The highest BCUT2D eigenvalue weighted by atomic mass is 35.5. The van der Waals surface area contributed by atoms with Crippen molar-refractivity contribution < 1.29 is 4.74 Å². The minimum Gasteiger partial charge on any atom is -0.487 e. The van der Waals surface area contributed by atoms with Crippen LogP contribution in [0.1, 0.15) is 22.2 Å². The fourth-order valence-corrected chi connectivity index (χ4v) is 2.91. The molecule has 0 aliphatic rings. The zero-order valence-electron chi connectivity index (χ0n) is 11.2. The van der Waals surface area contributed by atoms with Gasteiger partial charge in [-0.2, -0.15) is 0 Å². The van der Waals surface area contributed by atoms with E-state index in [1.165, 1.54) is 9.75 Å². The van der Waals surface area contributed by atoms with Gasteiger partial charge in [-0.05, 0) is 43.3 Å². The van der Waals surface area contributed by atoms with Crippen LogP contribution >= 0.6 is 22.9 Å². The van der Waals surface area contributed by atoms with Crippen LogP contribution in [0.4, 0.5) is 0 Å². The number of thiophene rings is 1. The van der Waals surface area contributed by atoms with Gasteiger partial charge in [0.05, 0.1) is 5.02 Å². The lowest BCUT2D eigenvalue weighted by Gasteiger charge is -2.07. The van der Waals surface area contributed by atoms with Crippen LogP contribution in [-0.2, 0) is 13.2 Å². The number of aryl methyl sites for hydroxylation is 1. The Kier molecular flexibility index (Phi) is 5.25. The molecule has 0 bridgehead atoms. The highest BCUT2D eigenvalue weighted by molar-refractivity contribution is 7.11. The second kappa shape index (κ2) is 6.94. The second-order valence-corrected chi connectivity index (χ2v) is 6.03. The molecule has 0 aliphatic heterocycles. The first-order chi connectivity index (χ1) is 9.19. The predicted molar refractivity (Wildman–Crippen MR) is 82.2 cm³/mol. The molecule has 2 aromatic rings. The molecule has 1 N–H and O–H groups in total. The van der Waals surface area contributed by atoms with E-state index >= 15 is 0 Å². The third kappa shape index (κ3) is 4.23. The van der Waals surface area contributed by atoms with E-state index in [0.717, 1.165) is 24.4 Å². The number of benzene rings is 1. The number of hydrogen-bond donors (Lipinski definition) is 1. The highest BCUT2D eigenvalue weighted by Crippen LogP contribution is 2.27. The van der Waals surface area contributed by atoms with Gasteiger partial charge < -0.3 is 10.1 Å². The van der Waals surface area contributed by atoms with Gasteiger partial charge in [-0.3, -0.25) is 0 Å². The molecule has 0 amide bonds. The maximum absolute atomic E-state index is 6.14. The third-order valence-electron chi connectivity index (χ3n) is 2.72. The number of ether oxygens (including phenoxy) is 1. The Morgan fingerprint density at radius 2 is 2.00 bits per heavy atom. The Morgan fingerprint density at radius 3 is 2.74 bits per heavy atom. The lowest BCUT2D eigenvalue weighted by atomic mass is 10.2. The van der Waals surface area contributed by atoms with Crippen LogP contribution in [0.2, 0.25) is 5.02 Å². The third-order valence-corrected chi connectivity index (χ3v) is 4.08. The van der Waals surface area contributed by atoms with Gasteiger partial charge in [-0.25, -0.2) is 0 Å². The van der Waals surface area contributed by atoms with E-state index in [2.05, 4.69) is 24.4 Å². The first-order valence-electron chi connectivity index (χ1n) is 6.36. The summed E-state index contributed by atoms with van der Waals surface area (Å²) in [5, 5.41) is 3.99. The summed E-state index contributed by atoms with van der Waals surface area (Å²) in [6, 6.07) is 10.1. The van der Waals surface area contributed by atoms with Crippen LogP contribution in [0.15, 0.2) is 30.3 Å². The molecule has 1 aromatic carbocycles. The Labute approximate surface area is 123 Å². The standard InChI is InChI=1S/C15H18ClNOS/c1-3-17-9-12-5-6-13(19-12)10-18-15-7-4-11(2)8-14(15)16/h4-8,17H,3,9-10H2,1-2H3. The molecule has 4 heteroatoms. The first-order valence-corrected chi connectivity index (χ1v) is 7.55. The minimum atomic E-state index is 0.569. The molecule has 0 fully saturated rings. The average Bonchev–Trinajstić information content (AvgIpc) is 2.83. The maximum Gasteiger partial charge on any atom is 0.138 e. The van der Waals surface area contributed by atoms with Gasteiger partial charge in [0.15, 0.2) is 0 Å². The summed E-state index contributed by atoms with van der Waals surface area (Å²) < 4.78 is 5.75. The maximum atomic E-state index is 6.14. The first kappa shape index (κ1) is 14.4. The van der Waals surface area contributed by atoms with Gasteiger partial charge in [0, 0.05) is 16.3 Å². The van der Waals surface area contributed by atoms with E-state index in [0.29, 0.717) is 11.6 Å². The summed E-state index contributed by atoms with van der Waals surface area (Å²) in [6.45, 7) is 6.60. The minimum absolute atomic E-state index is 0.569. The van der Waals surface area contributed by atoms with Gasteiger partial charge in [0.2, 0.25) is 0 Å². The van der Waals surface area contributed by atoms with E-state index in [9.17, 15) is 0 Å². The Hall–Kier alpha value is -1.03. The smallest absolute Gasteiger partial charge is 0.138 e. The molecule has 0 atom stereocenters. The summed E-state index contributed by atoms with van der Waals surface area (Å²) in [5.74, 6) is 0.744. The van der Waals surface area contributed by atoms with Crippen molar-refractivity contribution in [3.63, 3.8) is 0 Å². The van der Waals surface area contributed by atoms with Crippen molar-refractivity contribution in [1.29, 1.82) is 0 Å². The zero-order chi connectivity index (χ0) is 13.7. The normalized spacial score (nSPS) is 10.7.